The molecule has 1 aliphatic rings. The molecule has 0 radical (unpaired) electrons. The molecule has 0 aromatic carbocycles. The van der Waals surface area contributed by atoms with Gasteiger partial charge in [0.1, 0.15) is 6.07 Å². The lowest BCUT2D eigenvalue weighted by atomic mass is 10.1. The van der Waals surface area contributed by atoms with E-state index in [2.05, 4.69) is 15.3 Å². The maximum atomic E-state index is 12.5. The summed E-state index contributed by atoms with van der Waals surface area (Å²) in [6, 6.07) is 4.89. The smallest absolute Gasteiger partial charge is 0.335 e. The maximum Gasteiger partial charge on any atom is 0.335 e. The first-order valence-corrected chi connectivity index (χ1v) is 7.57. The molecular weight excluding hydrogens is 344 g/mol. The van der Waals surface area contributed by atoms with Crippen molar-refractivity contribution < 1.29 is 24.5 Å². The Kier molecular flexibility index (Phi) is 4.61. The summed E-state index contributed by atoms with van der Waals surface area (Å²) in [6.07, 6.45) is -1.03. The van der Waals surface area contributed by atoms with Crippen LogP contribution in [-0.2, 0) is 14.3 Å². The van der Waals surface area contributed by atoms with Gasteiger partial charge in [0.25, 0.3) is 5.91 Å². The van der Waals surface area contributed by atoms with E-state index in [1.54, 1.807) is 19.2 Å². The first-order valence-electron chi connectivity index (χ1n) is 7.57. The van der Waals surface area contributed by atoms with Crippen molar-refractivity contribution in [3.63, 3.8) is 0 Å². The third-order valence-corrected chi connectivity index (χ3v) is 3.74. The number of ether oxygens (including phenoxy) is 1. The first kappa shape index (κ1) is 17.5. The molecule has 0 aliphatic carbocycles. The summed E-state index contributed by atoms with van der Waals surface area (Å²) in [5.74, 6) is -1.99. The van der Waals surface area contributed by atoms with Crippen molar-refractivity contribution in [1.29, 1.82) is 5.26 Å². The number of hydrogen-bond donors (Lipinski definition) is 2. The Morgan fingerprint density at radius 1 is 1.54 bits per heavy atom. The summed E-state index contributed by atoms with van der Waals surface area (Å²) in [6.45, 7) is 1.81. The molecule has 1 saturated heterocycles. The highest BCUT2D eigenvalue weighted by molar-refractivity contribution is 5.99. The number of aromatic nitrogens is 4. The van der Waals surface area contributed by atoms with Crippen molar-refractivity contribution in [1.82, 2.24) is 20.0 Å². The molecule has 134 valence electrons. The van der Waals surface area contributed by atoms with Gasteiger partial charge in [0.2, 0.25) is 0 Å². The Balaban J connectivity index is 1.89. The molecular formula is C15H14N6O5. The van der Waals surface area contributed by atoms with Crippen molar-refractivity contribution >= 4 is 17.7 Å². The molecule has 0 bridgehead atoms. The minimum Gasteiger partial charge on any atom is -0.479 e. The largest absolute Gasteiger partial charge is 0.479 e. The molecule has 3 rings (SSSR count). The summed E-state index contributed by atoms with van der Waals surface area (Å²) in [7, 11) is 0. The minimum absolute atomic E-state index is 0.111. The summed E-state index contributed by atoms with van der Waals surface area (Å²) in [5, 5.41) is 39.1. The van der Waals surface area contributed by atoms with Crippen molar-refractivity contribution in [3.8, 4) is 11.8 Å². The molecule has 3 heterocycles. The second-order valence-corrected chi connectivity index (χ2v) is 5.63. The standard InChI is InChI=1S/C15H14N6O5/c1-8-7-20(14(23)13(26-8)12(22)15(24)25)11-2-3-21(19-11)10-4-9(5-16)18-17-6-10/h2-4,6,8,12-13,22H,7H2,1H3,(H,24,25)/t8-,12?,13+/m0/s1. The lowest BCUT2D eigenvalue weighted by Gasteiger charge is -2.35. The molecule has 0 saturated carbocycles. The highest BCUT2D eigenvalue weighted by Gasteiger charge is 2.42. The molecule has 1 aliphatic heterocycles. The topological polar surface area (TPSA) is 154 Å². The van der Waals surface area contributed by atoms with Crippen LogP contribution in [0.4, 0.5) is 5.82 Å². The molecule has 1 fully saturated rings. The second-order valence-electron chi connectivity index (χ2n) is 5.63. The Hall–Kier alpha value is -3.36. The van der Waals surface area contributed by atoms with Crippen molar-refractivity contribution in [3.05, 3.63) is 30.2 Å². The van der Waals surface area contributed by atoms with E-state index >= 15 is 0 Å². The van der Waals surface area contributed by atoms with Crippen LogP contribution in [0.25, 0.3) is 5.69 Å². The molecule has 0 spiro atoms. The number of carbonyl (C=O) groups is 2. The number of carboxylic acid groups (broad SMARTS) is 1. The van der Waals surface area contributed by atoms with Gasteiger partial charge in [-0.1, -0.05) is 0 Å². The zero-order chi connectivity index (χ0) is 18.8. The number of hydrogen-bond acceptors (Lipinski definition) is 8. The monoisotopic (exact) mass is 358 g/mol. The van der Waals surface area contributed by atoms with Gasteiger partial charge in [-0.3, -0.25) is 9.69 Å². The highest BCUT2D eigenvalue weighted by atomic mass is 16.5. The van der Waals surface area contributed by atoms with Gasteiger partial charge in [0, 0.05) is 18.3 Å². The minimum atomic E-state index is -1.97. The number of aliphatic carboxylic acids is 1. The quantitative estimate of drug-likeness (QED) is 0.707. The van der Waals surface area contributed by atoms with Crippen LogP contribution in [0.5, 0.6) is 0 Å². The van der Waals surface area contributed by atoms with E-state index in [0.717, 1.165) is 0 Å². The number of morpholine rings is 1. The number of carboxylic acids is 1. The number of nitrogens with zero attached hydrogens (tertiary/aromatic N) is 6. The van der Waals surface area contributed by atoms with E-state index in [1.165, 1.54) is 21.8 Å². The van der Waals surface area contributed by atoms with Gasteiger partial charge in [-0.2, -0.15) is 10.4 Å². The Morgan fingerprint density at radius 3 is 3.00 bits per heavy atom. The summed E-state index contributed by atoms with van der Waals surface area (Å²) in [5.41, 5.74) is 0.582. The number of carbonyl (C=O) groups excluding carboxylic acids is 1. The highest BCUT2D eigenvalue weighted by Crippen LogP contribution is 2.22. The third-order valence-electron chi connectivity index (χ3n) is 3.74. The third kappa shape index (κ3) is 3.23. The predicted octanol–water partition coefficient (Wildman–Crippen LogP) is -0.900. The van der Waals surface area contributed by atoms with Crippen molar-refractivity contribution in [2.75, 3.05) is 11.4 Å². The molecule has 2 aromatic heterocycles. The molecule has 11 nitrogen and oxygen atoms in total. The first-order chi connectivity index (χ1) is 12.4. The number of aliphatic hydroxyl groups excluding tert-OH is 1. The van der Waals surface area contributed by atoms with Crippen LogP contribution in [0.1, 0.15) is 12.6 Å². The van der Waals surface area contributed by atoms with Gasteiger partial charge in [0.05, 0.1) is 24.5 Å². The molecule has 1 amide bonds. The number of anilines is 1. The lowest BCUT2D eigenvalue weighted by Crippen LogP contribution is -2.57. The predicted molar refractivity (Wildman–Crippen MR) is 84.2 cm³/mol. The number of nitriles is 1. The molecule has 1 unspecified atom stereocenters. The fourth-order valence-corrected chi connectivity index (χ4v) is 2.54. The van der Waals surface area contributed by atoms with Gasteiger partial charge in [0.15, 0.2) is 23.7 Å². The Morgan fingerprint density at radius 2 is 2.31 bits per heavy atom. The normalized spacial score (nSPS) is 21.3. The number of aliphatic hydroxyl groups is 1. The van der Waals surface area contributed by atoms with Gasteiger partial charge in [-0.15, -0.1) is 10.2 Å². The van der Waals surface area contributed by atoms with Crippen LogP contribution in [-0.4, -0.2) is 66.9 Å². The molecule has 11 heteroatoms. The van der Waals surface area contributed by atoms with E-state index in [-0.39, 0.29) is 18.1 Å². The van der Waals surface area contributed by atoms with E-state index in [1.807, 2.05) is 6.07 Å². The van der Waals surface area contributed by atoms with Gasteiger partial charge in [-0.05, 0) is 6.92 Å². The zero-order valence-electron chi connectivity index (χ0n) is 13.6. The van der Waals surface area contributed by atoms with Crippen molar-refractivity contribution in [2.24, 2.45) is 0 Å². The van der Waals surface area contributed by atoms with Gasteiger partial charge < -0.3 is 14.9 Å². The molecule has 2 aromatic rings. The van der Waals surface area contributed by atoms with E-state index < -0.39 is 30.2 Å². The van der Waals surface area contributed by atoms with Crippen LogP contribution in [0.3, 0.4) is 0 Å². The van der Waals surface area contributed by atoms with Gasteiger partial charge >= 0.3 is 5.97 Å². The lowest BCUT2D eigenvalue weighted by molar-refractivity contribution is -0.168. The average Bonchev–Trinajstić information content (AvgIpc) is 3.12. The number of rotatable bonds is 4. The maximum absolute atomic E-state index is 12.5. The van der Waals surface area contributed by atoms with Crippen molar-refractivity contribution in [2.45, 2.75) is 25.2 Å². The Bertz CT molecular complexity index is 891. The summed E-state index contributed by atoms with van der Waals surface area (Å²) >= 11 is 0. The summed E-state index contributed by atoms with van der Waals surface area (Å²) in [4.78, 5) is 24.8. The van der Waals surface area contributed by atoms with Crippen LogP contribution in [0, 0.1) is 11.3 Å². The van der Waals surface area contributed by atoms with Crippen LogP contribution in [0.15, 0.2) is 24.5 Å². The van der Waals surface area contributed by atoms with E-state index in [0.29, 0.717) is 5.69 Å². The van der Waals surface area contributed by atoms with Crippen LogP contribution in [0.2, 0.25) is 0 Å². The zero-order valence-corrected chi connectivity index (χ0v) is 13.6. The van der Waals surface area contributed by atoms with Crippen LogP contribution < -0.4 is 4.90 Å². The second kappa shape index (κ2) is 6.87. The fraction of sp³-hybridized carbons (Fsp3) is 0.333. The van der Waals surface area contributed by atoms with E-state index in [4.69, 9.17) is 15.1 Å². The average molecular weight is 358 g/mol. The number of amides is 1. The Labute approximate surface area is 147 Å². The fourth-order valence-electron chi connectivity index (χ4n) is 2.54. The van der Waals surface area contributed by atoms with Gasteiger partial charge in [-0.25, -0.2) is 9.48 Å². The SMILES string of the molecule is C[C@H]1CN(c2ccn(-c3cnnc(C#N)c3)n2)C(=O)[C@@H](C(O)C(=O)O)O1. The molecule has 2 N–H and O–H groups in total. The van der Waals surface area contributed by atoms with Crippen LogP contribution >= 0.6 is 0 Å². The summed E-state index contributed by atoms with van der Waals surface area (Å²) < 4.78 is 6.69. The van der Waals surface area contributed by atoms with E-state index in [9.17, 15) is 14.7 Å². The molecule has 3 atom stereocenters. The molecule has 26 heavy (non-hydrogen) atoms.